The van der Waals surface area contributed by atoms with Gasteiger partial charge in [-0.15, -0.1) is 0 Å². The standard InChI is InChI=1S/C16H26O2/c1-11(9-16(2,3)4)15(17)18-10-14-8-12-5-6-13(14)7-12/h12-14H,1,5-10H2,2-4H3. The summed E-state index contributed by atoms with van der Waals surface area (Å²) < 4.78 is 5.45. The molecule has 102 valence electrons. The Balaban J connectivity index is 1.73. The van der Waals surface area contributed by atoms with Crippen molar-refractivity contribution in [2.45, 2.75) is 52.9 Å². The lowest BCUT2D eigenvalue weighted by Gasteiger charge is -2.22. The Labute approximate surface area is 111 Å². The Morgan fingerprint density at radius 3 is 2.50 bits per heavy atom. The quantitative estimate of drug-likeness (QED) is 0.557. The molecule has 0 amide bonds. The van der Waals surface area contributed by atoms with Crippen LogP contribution in [0.25, 0.3) is 0 Å². The van der Waals surface area contributed by atoms with E-state index in [4.69, 9.17) is 4.74 Å². The molecule has 0 N–H and O–H groups in total. The minimum absolute atomic E-state index is 0.0997. The van der Waals surface area contributed by atoms with Gasteiger partial charge in [-0.25, -0.2) is 4.79 Å². The van der Waals surface area contributed by atoms with Gasteiger partial charge in [-0.05, 0) is 48.9 Å². The number of fused-ring (bicyclic) bond motifs is 2. The number of esters is 1. The predicted molar refractivity (Wildman–Crippen MR) is 73.1 cm³/mol. The van der Waals surface area contributed by atoms with Crippen LogP contribution in [0.2, 0.25) is 0 Å². The Morgan fingerprint density at radius 1 is 1.28 bits per heavy atom. The highest BCUT2D eigenvalue weighted by Gasteiger charge is 2.39. The van der Waals surface area contributed by atoms with Crippen LogP contribution in [0.3, 0.4) is 0 Å². The largest absolute Gasteiger partial charge is 0.462 e. The van der Waals surface area contributed by atoms with Crippen molar-refractivity contribution >= 4 is 5.97 Å². The second-order valence-corrected chi connectivity index (χ2v) is 7.37. The molecule has 2 rings (SSSR count). The molecule has 3 unspecified atom stereocenters. The third-order valence-corrected chi connectivity index (χ3v) is 4.35. The van der Waals surface area contributed by atoms with Crippen LogP contribution in [-0.4, -0.2) is 12.6 Å². The molecule has 2 aliphatic carbocycles. The van der Waals surface area contributed by atoms with E-state index in [2.05, 4.69) is 27.4 Å². The summed E-state index contributed by atoms with van der Waals surface area (Å²) in [4.78, 5) is 11.9. The van der Waals surface area contributed by atoms with Crippen LogP contribution >= 0.6 is 0 Å². The van der Waals surface area contributed by atoms with Gasteiger partial charge in [0.1, 0.15) is 0 Å². The van der Waals surface area contributed by atoms with Crippen molar-refractivity contribution < 1.29 is 9.53 Å². The molecule has 3 atom stereocenters. The van der Waals surface area contributed by atoms with E-state index in [1.165, 1.54) is 25.7 Å². The van der Waals surface area contributed by atoms with E-state index in [-0.39, 0.29) is 11.4 Å². The van der Waals surface area contributed by atoms with Gasteiger partial charge < -0.3 is 4.74 Å². The lowest BCUT2D eigenvalue weighted by Crippen LogP contribution is -2.21. The van der Waals surface area contributed by atoms with Gasteiger partial charge in [0, 0.05) is 5.57 Å². The van der Waals surface area contributed by atoms with E-state index in [1.807, 2.05) is 0 Å². The number of carbonyl (C=O) groups excluding carboxylic acids is 1. The molecule has 18 heavy (non-hydrogen) atoms. The fourth-order valence-electron chi connectivity index (χ4n) is 3.58. The Kier molecular flexibility index (Phi) is 3.84. The van der Waals surface area contributed by atoms with Crippen molar-refractivity contribution in [1.82, 2.24) is 0 Å². The molecule has 0 saturated heterocycles. The van der Waals surface area contributed by atoms with Crippen molar-refractivity contribution in [3.63, 3.8) is 0 Å². The van der Waals surface area contributed by atoms with Crippen molar-refractivity contribution in [1.29, 1.82) is 0 Å². The molecule has 0 aromatic rings. The molecule has 2 aliphatic rings. The second-order valence-electron chi connectivity index (χ2n) is 7.37. The van der Waals surface area contributed by atoms with Gasteiger partial charge in [0.25, 0.3) is 0 Å². The van der Waals surface area contributed by atoms with Gasteiger partial charge in [-0.1, -0.05) is 33.8 Å². The van der Waals surface area contributed by atoms with E-state index in [9.17, 15) is 4.79 Å². The highest BCUT2D eigenvalue weighted by Crippen LogP contribution is 2.48. The summed E-state index contributed by atoms with van der Waals surface area (Å²) in [6, 6.07) is 0. The zero-order valence-corrected chi connectivity index (χ0v) is 12.0. The van der Waals surface area contributed by atoms with E-state index >= 15 is 0 Å². The normalized spacial score (nSPS) is 30.5. The smallest absolute Gasteiger partial charge is 0.333 e. The average Bonchev–Trinajstić information content (AvgIpc) is 2.84. The molecule has 2 saturated carbocycles. The second kappa shape index (κ2) is 5.07. The molecular formula is C16H26O2. The molecule has 2 nitrogen and oxygen atoms in total. The SMILES string of the molecule is C=C(CC(C)(C)C)C(=O)OCC1CC2CCC1C2. The topological polar surface area (TPSA) is 26.3 Å². The van der Waals surface area contributed by atoms with E-state index in [0.29, 0.717) is 24.5 Å². The van der Waals surface area contributed by atoms with Crippen molar-refractivity contribution in [3.05, 3.63) is 12.2 Å². The zero-order chi connectivity index (χ0) is 13.3. The summed E-state index contributed by atoms with van der Waals surface area (Å²) in [5, 5.41) is 0. The van der Waals surface area contributed by atoms with Gasteiger partial charge in [0.05, 0.1) is 6.61 Å². The summed E-state index contributed by atoms with van der Waals surface area (Å²) in [7, 11) is 0. The Hall–Kier alpha value is -0.790. The molecule has 0 heterocycles. The van der Waals surface area contributed by atoms with E-state index < -0.39 is 0 Å². The van der Waals surface area contributed by atoms with Crippen molar-refractivity contribution in [2.24, 2.45) is 23.2 Å². The lowest BCUT2D eigenvalue weighted by molar-refractivity contribution is -0.141. The number of hydrogen-bond acceptors (Lipinski definition) is 2. The minimum Gasteiger partial charge on any atom is -0.462 e. The monoisotopic (exact) mass is 250 g/mol. The highest BCUT2D eigenvalue weighted by molar-refractivity contribution is 5.87. The van der Waals surface area contributed by atoms with Gasteiger partial charge in [0.15, 0.2) is 0 Å². The molecule has 0 radical (unpaired) electrons. The minimum atomic E-state index is -0.187. The molecule has 0 aromatic heterocycles. The highest BCUT2D eigenvalue weighted by atomic mass is 16.5. The maximum absolute atomic E-state index is 11.9. The first kappa shape index (κ1) is 13.6. The number of hydrogen-bond donors (Lipinski definition) is 0. The molecule has 0 aliphatic heterocycles. The molecule has 2 heteroatoms. The van der Waals surface area contributed by atoms with Crippen molar-refractivity contribution in [2.75, 3.05) is 6.61 Å². The molecule has 2 bridgehead atoms. The molecule has 0 spiro atoms. The first-order valence-electron chi connectivity index (χ1n) is 7.20. The summed E-state index contributed by atoms with van der Waals surface area (Å²) >= 11 is 0. The van der Waals surface area contributed by atoms with Crippen LogP contribution in [0.4, 0.5) is 0 Å². The number of rotatable bonds is 4. The van der Waals surface area contributed by atoms with Crippen LogP contribution in [0.15, 0.2) is 12.2 Å². The summed E-state index contributed by atoms with van der Waals surface area (Å²) in [6.07, 6.45) is 6.08. The van der Waals surface area contributed by atoms with Crippen molar-refractivity contribution in [3.8, 4) is 0 Å². The third kappa shape index (κ3) is 3.37. The van der Waals surface area contributed by atoms with Gasteiger partial charge in [-0.2, -0.15) is 0 Å². The van der Waals surface area contributed by atoms with Gasteiger partial charge >= 0.3 is 5.97 Å². The fourth-order valence-corrected chi connectivity index (χ4v) is 3.58. The maximum Gasteiger partial charge on any atom is 0.333 e. The van der Waals surface area contributed by atoms with Gasteiger partial charge in [0.2, 0.25) is 0 Å². The van der Waals surface area contributed by atoms with Gasteiger partial charge in [-0.3, -0.25) is 0 Å². The first-order chi connectivity index (χ1) is 8.35. The molecular weight excluding hydrogens is 224 g/mol. The molecule has 2 fully saturated rings. The summed E-state index contributed by atoms with van der Waals surface area (Å²) in [5.74, 6) is 2.16. The Bertz CT molecular complexity index is 337. The van der Waals surface area contributed by atoms with Crippen LogP contribution < -0.4 is 0 Å². The molecule has 0 aromatic carbocycles. The predicted octanol–water partition coefficient (Wildman–Crippen LogP) is 3.96. The third-order valence-electron chi connectivity index (χ3n) is 4.35. The van der Waals surface area contributed by atoms with Crippen LogP contribution in [-0.2, 0) is 9.53 Å². The van der Waals surface area contributed by atoms with Crippen LogP contribution in [0.1, 0.15) is 52.9 Å². The maximum atomic E-state index is 11.9. The average molecular weight is 250 g/mol. The first-order valence-corrected chi connectivity index (χ1v) is 7.20. The fraction of sp³-hybridized carbons (Fsp3) is 0.812. The number of ether oxygens (including phenoxy) is 1. The zero-order valence-electron chi connectivity index (χ0n) is 12.0. The lowest BCUT2D eigenvalue weighted by atomic mass is 9.88. The summed E-state index contributed by atoms with van der Waals surface area (Å²) in [5.41, 5.74) is 0.716. The Morgan fingerprint density at radius 2 is 2.00 bits per heavy atom. The van der Waals surface area contributed by atoms with E-state index in [1.54, 1.807) is 0 Å². The van der Waals surface area contributed by atoms with Crippen LogP contribution in [0, 0.1) is 23.2 Å². The number of carbonyl (C=O) groups is 1. The van der Waals surface area contributed by atoms with Crippen LogP contribution in [0.5, 0.6) is 0 Å². The summed E-state index contributed by atoms with van der Waals surface area (Å²) in [6.45, 7) is 10.8. The van der Waals surface area contributed by atoms with E-state index in [0.717, 1.165) is 11.8 Å².